The summed E-state index contributed by atoms with van der Waals surface area (Å²) in [6.45, 7) is 6.40. The summed E-state index contributed by atoms with van der Waals surface area (Å²) < 4.78 is 0. The highest BCUT2D eigenvalue weighted by molar-refractivity contribution is 5.49. The van der Waals surface area contributed by atoms with E-state index in [0.29, 0.717) is 0 Å². The second-order valence-corrected chi connectivity index (χ2v) is 3.77. The Balaban J connectivity index is 2.94. The van der Waals surface area contributed by atoms with Crippen molar-refractivity contribution in [1.29, 1.82) is 0 Å². The lowest BCUT2D eigenvalue weighted by atomic mass is 9.84. The zero-order valence-corrected chi connectivity index (χ0v) is 7.26. The Hall–Kier alpha value is -0.980. The first-order valence-electron chi connectivity index (χ1n) is 3.79. The van der Waals surface area contributed by atoms with E-state index in [-0.39, 0.29) is 5.41 Å². The molecule has 0 aromatic rings. The fourth-order valence-corrected chi connectivity index (χ4v) is 1.23. The lowest BCUT2D eigenvalue weighted by Crippen LogP contribution is -2.09. The van der Waals surface area contributed by atoms with E-state index in [1.807, 2.05) is 18.2 Å². The minimum atomic E-state index is 0.123. The standard InChI is InChI=1S/C10H14O/c1-10(2,3)9-6-4-5-8(9)7-11/h4-7,11H,1-3H3. The third-order valence-electron chi connectivity index (χ3n) is 1.80. The monoisotopic (exact) mass is 150 g/mol. The predicted molar refractivity (Wildman–Crippen MR) is 47.4 cm³/mol. The van der Waals surface area contributed by atoms with Crippen molar-refractivity contribution < 1.29 is 5.11 Å². The minimum Gasteiger partial charge on any atom is -0.515 e. The molecule has 0 bridgehead atoms. The topological polar surface area (TPSA) is 20.2 Å². The Kier molecular flexibility index (Phi) is 1.90. The van der Waals surface area contributed by atoms with Crippen molar-refractivity contribution in [2.24, 2.45) is 5.41 Å². The van der Waals surface area contributed by atoms with Crippen molar-refractivity contribution in [2.45, 2.75) is 20.8 Å². The van der Waals surface area contributed by atoms with Gasteiger partial charge in [-0.05, 0) is 11.0 Å². The molecule has 0 spiro atoms. The van der Waals surface area contributed by atoms with Gasteiger partial charge in [0.2, 0.25) is 0 Å². The summed E-state index contributed by atoms with van der Waals surface area (Å²) in [6.07, 6.45) is 7.09. The highest BCUT2D eigenvalue weighted by Gasteiger charge is 2.20. The van der Waals surface area contributed by atoms with Crippen LogP contribution in [0.4, 0.5) is 0 Å². The van der Waals surface area contributed by atoms with Crippen molar-refractivity contribution in [3.05, 3.63) is 35.6 Å². The van der Waals surface area contributed by atoms with Crippen molar-refractivity contribution in [1.82, 2.24) is 0 Å². The molecule has 11 heavy (non-hydrogen) atoms. The molecule has 1 N–H and O–H groups in total. The first-order valence-corrected chi connectivity index (χ1v) is 3.79. The second-order valence-electron chi connectivity index (χ2n) is 3.77. The lowest BCUT2D eigenvalue weighted by molar-refractivity contribution is 0.460. The van der Waals surface area contributed by atoms with E-state index in [2.05, 4.69) is 20.8 Å². The van der Waals surface area contributed by atoms with Gasteiger partial charge in [0.25, 0.3) is 0 Å². The molecular weight excluding hydrogens is 136 g/mol. The van der Waals surface area contributed by atoms with E-state index >= 15 is 0 Å². The van der Waals surface area contributed by atoms with Gasteiger partial charge >= 0.3 is 0 Å². The summed E-state index contributed by atoms with van der Waals surface area (Å²) in [6, 6.07) is 0. The summed E-state index contributed by atoms with van der Waals surface area (Å²) >= 11 is 0. The molecule has 0 unspecified atom stereocenters. The fourth-order valence-electron chi connectivity index (χ4n) is 1.23. The molecule has 0 fully saturated rings. The molecule has 0 atom stereocenters. The molecule has 0 radical (unpaired) electrons. The van der Waals surface area contributed by atoms with Gasteiger partial charge in [0, 0.05) is 5.57 Å². The predicted octanol–water partition coefficient (Wildman–Crippen LogP) is 2.97. The molecule has 1 rings (SSSR count). The van der Waals surface area contributed by atoms with Crippen LogP contribution in [0.25, 0.3) is 0 Å². The molecule has 0 aromatic carbocycles. The minimum absolute atomic E-state index is 0.123. The van der Waals surface area contributed by atoms with Crippen molar-refractivity contribution >= 4 is 0 Å². The van der Waals surface area contributed by atoms with Gasteiger partial charge in [0.05, 0.1) is 6.26 Å². The molecule has 0 saturated carbocycles. The zero-order valence-electron chi connectivity index (χ0n) is 7.26. The first kappa shape index (κ1) is 8.12. The Morgan fingerprint density at radius 1 is 1.36 bits per heavy atom. The number of allylic oxidation sites excluding steroid dienone is 5. The van der Waals surface area contributed by atoms with Crippen LogP contribution in [0.2, 0.25) is 0 Å². The van der Waals surface area contributed by atoms with Crippen LogP contribution < -0.4 is 0 Å². The summed E-state index contributed by atoms with van der Waals surface area (Å²) in [7, 11) is 0. The van der Waals surface area contributed by atoms with Crippen LogP contribution in [-0.4, -0.2) is 5.11 Å². The van der Waals surface area contributed by atoms with Crippen LogP contribution in [0.3, 0.4) is 0 Å². The highest BCUT2D eigenvalue weighted by Crippen LogP contribution is 2.34. The van der Waals surface area contributed by atoms with Gasteiger partial charge in [0.15, 0.2) is 0 Å². The summed E-state index contributed by atoms with van der Waals surface area (Å²) in [5.41, 5.74) is 2.25. The van der Waals surface area contributed by atoms with Crippen LogP contribution >= 0.6 is 0 Å². The van der Waals surface area contributed by atoms with Gasteiger partial charge in [-0.1, -0.05) is 39.0 Å². The Morgan fingerprint density at radius 3 is 2.36 bits per heavy atom. The van der Waals surface area contributed by atoms with Crippen LogP contribution in [-0.2, 0) is 0 Å². The van der Waals surface area contributed by atoms with E-state index in [9.17, 15) is 0 Å². The maximum Gasteiger partial charge on any atom is 0.0867 e. The Labute approximate surface area is 67.7 Å². The van der Waals surface area contributed by atoms with Gasteiger partial charge < -0.3 is 5.11 Å². The smallest absolute Gasteiger partial charge is 0.0867 e. The molecule has 0 heterocycles. The van der Waals surface area contributed by atoms with E-state index < -0.39 is 0 Å². The lowest BCUT2D eigenvalue weighted by Gasteiger charge is -2.21. The van der Waals surface area contributed by atoms with Crippen LogP contribution in [0.1, 0.15) is 20.8 Å². The number of aliphatic hydroxyl groups excluding tert-OH is 1. The van der Waals surface area contributed by atoms with Crippen LogP contribution in [0.5, 0.6) is 0 Å². The average Bonchev–Trinajstić information content (AvgIpc) is 2.31. The quantitative estimate of drug-likeness (QED) is 0.526. The summed E-state index contributed by atoms with van der Waals surface area (Å²) in [5, 5.41) is 8.85. The molecule has 1 nitrogen and oxygen atoms in total. The van der Waals surface area contributed by atoms with Gasteiger partial charge in [-0.2, -0.15) is 0 Å². The van der Waals surface area contributed by atoms with Crippen LogP contribution in [0.15, 0.2) is 35.6 Å². The molecule has 1 aliphatic carbocycles. The molecule has 60 valence electrons. The maximum absolute atomic E-state index is 8.85. The van der Waals surface area contributed by atoms with Gasteiger partial charge in [-0.15, -0.1) is 0 Å². The van der Waals surface area contributed by atoms with Crippen molar-refractivity contribution in [3.8, 4) is 0 Å². The second kappa shape index (κ2) is 2.57. The first-order chi connectivity index (χ1) is 5.05. The number of hydrogen-bond acceptors (Lipinski definition) is 1. The normalized spacial score (nSPS) is 21.0. The average molecular weight is 150 g/mol. The zero-order chi connectivity index (χ0) is 8.48. The molecule has 0 saturated heterocycles. The van der Waals surface area contributed by atoms with E-state index in [0.717, 1.165) is 5.57 Å². The summed E-state index contributed by atoms with van der Waals surface area (Å²) in [4.78, 5) is 0. The molecular formula is C10H14O. The van der Waals surface area contributed by atoms with Gasteiger partial charge in [-0.3, -0.25) is 0 Å². The highest BCUT2D eigenvalue weighted by atomic mass is 16.2. The van der Waals surface area contributed by atoms with Gasteiger partial charge in [0.1, 0.15) is 0 Å². The Morgan fingerprint density at radius 2 is 2.00 bits per heavy atom. The van der Waals surface area contributed by atoms with E-state index in [1.54, 1.807) is 0 Å². The molecule has 1 aliphatic rings. The Bertz CT molecular complexity index is 236. The molecule has 0 aromatic heterocycles. The van der Waals surface area contributed by atoms with E-state index in [4.69, 9.17) is 5.11 Å². The third-order valence-corrected chi connectivity index (χ3v) is 1.80. The van der Waals surface area contributed by atoms with Crippen LogP contribution in [0, 0.1) is 5.41 Å². The molecule has 0 amide bonds. The maximum atomic E-state index is 8.85. The number of rotatable bonds is 0. The van der Waals surface area contributed by atoms with E-state index in [1.165, 1.54) is 11.8 Å². The van der Waals surface area contributed by atoms with Crippen molar-refractivity contribution in [2.75, 3.05) is 0 Å². The largest absolute Gasteiger partial charge is 0.515 e. The van der Waals surface area contributed by atoms with Crippen molar-refractivity contribution in [3.63, 3.8) is 0 Å². The third kappa shape index (κ3) is 1.53. The summed E-state index contributed by atoms with van der Waals surface area (Å²) in [5.74, 6) is 0. The number of aliphatic hydroxyl groups is 1. The number of hydrogen-bond donors (Lipinski definition) is 1. The molecule has 0 aliphatic heterocycles. The SMILES string of the molecule is CC(C)(C)C1=CC=CC1=CO. The fraction of sp³-hybridized carbons (Fsp3) is 0.400. The van der Waals surface area contributed by atoms with Gasteiger partial charge in [-0.25, -0.2) is 0 Å². The molecule has 1 heteroatoms.